The van der Waals surface area contributed by atoms with Crippen LogP contribution in [0.4, 0.5) is 0 Å². The van der Waals surface area contributed by atoms with E-state index in [0.717, 1.165) is 22.5 Å². The van der Waals surface area contributed by atoms with E-state index in [1.807, 2.05) is 65.6 Å². The number of carbonyl (C=O) groups is 1. The van der Waals surface area contributed by atoms with Crippen molar-refractivity contribution in [3.63, 3.8) is 0 Å². The molecule has 0 atom stereocenters. The van der Waals surface area contributed by atoms with Gasteiger partial charge in [0.1, 0.15) is 5.76 Å². The normalized spacial score (nSPS) is 10.8. The first-order valence-electron chi connectivity index (χ1n) is 10.1. The van der Waals surface area contributed by atoms with Gasteiger partial charge in [0, 0.05) is 31.3 Å². The Balaban J connectivity index is 1.60. The van der Waals surface area contributed by atoms with Crippen LogP contribution in [0.25, 0.3) is 0 Å². The van der Waals surface area contributed by atoms with Gasteiger partial charge in [0.15, 0.2) is 0 Å². The molecule has 4 rings (SSSR count). The molecule has 4 aromatic rings. The van der Waals surface area contributed by atoms with E-state index in [9.17, 15) is 4.79 Å². The molecule has 0 aliphatic heterocycles. The zero-order valence-electron chi connectivity index (χ0n) is 16.7. The van der Waals surface area contributed by atoms with Crippen LogP contribution >= 0.6 is 0 Å². The Kier molecular flexibility index (Phi) is 6.35. The predicted octanol–water partition coefficient (Wildman–Crippen LogP) is 5.43. The Hall–Kier alpha value is -3.66. The lowest BCUT2D eigenvalue weighted by molar-refractivity contribution is -0.133. The first-order valence-corrected chi connectivity index (χ1v) is 10.1. The Labute approximate surface area is 176 Å². The number of nitrogens with zero attached hydrogens (tertiary/aromatic N) is 2. The van der Waals surface area contributed by atoms with E-state index in [0.29, 0.717) is 19.5 Å². The monoisotopic (exact) mass is 396 g/mol. The van der Waals surface area contributed by atoms with Gasteiger partial charge in [-0.05, 0) is 34.9 Å². The third-order valence-corrected chi connectivity index (χ3v) is 5.16. The van der Waals surface area contributed by atoms with Crippen molar-refractivity contribution in [3.05, 3.63) is 126 Å². The summed E-state index contributed by atoms with van der Waals surface area (Å²) in [5, 5.41) is 0. The fourth-order valence-corrected chi connectivity index (χ4v) is 3.64. The number of amides is 1. The fourth-order valence-electron chi connectivity index (χ4n) is 3.64. The Bertz CT molecular complexity index is 993. The first-order chi connectivity index (χ1) is 14.8. The molecule has 2 heterocycles. The van der Waals surface area contributed by atoms with E-state index in [2.05, 4.69) is 29.2 Å². The van der Waals surface area contributed by atoms with Gasteiger partial charge in [0.05, 0.1) is 12.8 Å². The summed E-state index contributed by atoms with van der Waals surface area (Å²) in [7, 11) is 0. The van der Waals surface area contributed by atoms with E-state index >= 15 is 0 Å². The van der Waals surface area contributed by atoms with Crippen molar-refractivity contribution in [2.75, 3.05) is 0 Å². The standard InChI is InChI=1S/C26H24N2O2/c29-26(17-25(22-10-3-1-4-11-22)23-12-5-2-6-13-23)28(20-24-14-8-16-30-24)19-21-9-7-15-27-18-21/h1-16,18,25H,17,19-20H2. The number of benzene rings is 2. The van der Waals surface area contributed by atoms with Crippen molar-refractivity contribution in [1.29, 1.82) is 0 Å². The molecule has 150 valence electrons. The lowest BCUT2D eigenvalue weighted by Gasteiger charge is -2.25. The molecular formula is C26H24N2O2. The quantitative estimate of drug-likeness (QED) is 0.399. The van der Waals surface area contributed by atoms with Crippen LogP contribution in [-0.2, 0) is 17.9 Å². The molecule has 0 spiro atoms. The number of hydrogen-bond acceptors (Lipinski definition) is 3. The lowest BCUT2D eigenvalue weighted by Crippen LogP contribution is -2.31. The molecule has 0 radical (unpaired) electrons. The Morgan fingerprint density at radius 3 is 2.10 bits per heavy atom. The molecule has 0 N–H and O–H groups in total. The summed E-state index contributed by atoms with van der Waals surface area (Å²) in [5.74, 6) is 0.837. The second kappa shape index (κ2) is 9.70. The molecule has 0 saturated heterocycles. The van der Waals surface area contributed by atoms with Gasteiger partial charge >= 0.3 is 0 Å². The molecule has 0 aliphatic carbocycles. The van der Waals surface area contributed by atoms with Crippen molar-refractivity contribution in [1.82, 2.24) is 9.88 Å². The fraction of sp³-hybridized carbons (Fsp3) is 0.154. The Morgan fingerprint density at radius 2 is 1.53 bits per heavy atom. The lowest BCUT2D eigenvalue weighted by atomic mass is 9.88. The van der Waals surface area contributed by atoms with Gasteiger partial charge in [-0.1, -0.05) is 66.7 Å². The third kappa shape index (κ3) is 5.03. The van der Waals surface area contributed by atoms with Crippen LogP contribution in [0.3, 0.4) is 0 Å². The van der Waals surface area contributed by atoms with Crippen LogP contribution in [0.5, 0.6) is 0 Å². The highest BCUT2D eigenvalue weighted by atomic mass is 16.3. The van der Waals surface area contributed by atoms with Crippen molar-refractivity contribution >= 4 is 5.91 Å². The van der Waals surface area contributed by atoms with E-state index in [1.165, 1.54) is 0 Å². The van der Waals surface area contributed by atoms with Gasteiger partial charge in [-0.15, -0.1) is 0 Å². The summed E-state index contributed by atoms with van der Waals surface area (Å²) < 4.78 is 5.52. The van der Waals surface area contributed by atoms with E-state index < -0.39 is 0 Å². The number of aromatic nitrogens is 1. The van der Waals surface area contributed by atoms with Crippen molar-refractivity contribution < 1.29 is 9.21 Å². The maximum Gasteiger partial charge on any atom is 0.224 e. The molecule has 2 aromatic heterocycles. The topological polar surface area (TPSA) is 46.3 Å². The molecule has 0 aliphatic rings. The minimum atomic E-state index is -0.00657. The maximum atomic E-state index is 13.5. The zero-order chi connectivity index (χ0) is 20.6. The molecule has 4 heteroatoms. The molecule has 1 amide bonds. The number of furan rings is 1. The minimum absolute atomic E-state index is 0.00657. The number of rotatable bonds is 8. The van der Waals surface area contributed by atoms with Gasteiger partial charge < -0.3 is 9.32 Å². The predicted molar refractivity (Wildman–Crippen MR) is 117 cm³/mol. The zero-order valence-corrected chi connectivity index (χ0v) is 16.7. The SMILES string of the molecule is O=C(CC(c1ccccc1)c1ccccc1)N(Cc1cccnc1)Cc1ccco1. The van der Waals surface area contributed by atoms with Gasteiger partial charge in [-0.3, -0.25) is 9.78 Å². The average molecular weight is 396 g/mol. The second-order valence-electron chi connectivity index (χ2n) is 7.27. The summed E-state index contributed by atoms with van der Waals surface area (Å²) in [6, 6.07) is 28.0. The van der Waals surface area contributed by atoms with Crippen LogP contribution < -0.4 is 0 Å². The van der Waals surface area contributed by atoms with Gasteiger partial charge in [-0.2, -0.15) is 0 Å². The van der Waals surface area contributed by atoms with Gasteiger partial charge in [0.25, 0.3) is 0 Å². The summed E-state index contributed by atoms with van der Waals surface area (Å²) in [4.78, 5) is 19.5. The van der Waals surface area contributed by atoms with E-state index in [-0.39, 0.29) is 11.8 Å². The summed E-state index contributed by atoms with van der Waals surface area (Å²) in [6.07, 6.45) is 5.56. The first kappa shape index (κ1) is 19.6. The van der Waals surface area contributed by atoms with Crippen molar-refractivity contribution in [2.24, 2.45) is 0 Å². The van der Waals surface area contributed by atoms with Crippen LogP contribution in [0.1, 0.15) is 34.8 Å². The molecule has 0 saturated carbocycles. The molecular weight excluding hydrogens is 372 g/mol. The summed E-state index contributed by atoms with van der Waals surface area (Å²) >= 11 is 0. The summed E-state index contributed by atoms with van der Waals surface area (Å²) in [5.41, 5.74) is 3.26. The average Bonchev–Trinajstić information content (AvgIpc) is 3.32. The van der Waals surface area contributed by atoms with Gasteiger partial charge in [-0.25, -0.2) is 0 Å². The highest BCUT2D eigenvalue weighted by molar-refractivity contribution is 5.77. The van der Waals surface area contributed by atoms with E-state index in [4.69, 9.17) is 4.42 Å². The number of carbonyl (C=O) groups excluding carboxylic acids is 1. The molecule has 4 nitrogen and oxygen atoms in total. The Morgan fingerprint density at radius 1 is 0.833 bits per heavy atom. The van der Waals surface area contributed by atoms with Crippen molar-refractivity contribution in [3.8, 4) is 0 Å². The van der Waals surface area contributed by atoms with Gasteiger partial charge in [0.2, 0.25) is 5.91 Å². The second-order valence-corrected chi connectivity index (χ2v) is 7.27. The maximum absolute atomic E-state index is 13.5. The highest BCUT2D eigenvalue weighted by Crippen LogP contribution is 2.29. The number of pyridine rings is 1. The van der Waals surface area contributed by atoms with Crippen LogP contribution in [0.2, 0.25) is 0 Å². The largest absolute Gasteiger partial charge is 0.467 e. The van der Waals surface area contributed by atoms with Crippen LogP contribution in [0.15, 0.2) is 108 Å². The third-order valence-electron chi connectivity index (χ3n) is 5.16. The van der Waals surface area contributed by atoms with Crippen LogP contribution in [-0.4, -0.2) is 15.8 Å². The molecule has 0 fully saturated rings. The number of hydrogen-bond donors (Lipinski definition) is 0. The molecule has 0 unspecified atom stereocenters. The van der Waals surface area contributed by atoms with Crippen molar-refractivity contribution in [2.45, 2.75) is 25.4 Å². The molecule has 2 aromatic carbocycles. The smallest absolute Gasteiger partial charge is 0.224 e. The highest BCUT2D eigenvalue weighted by Gasteiger charge is 2.23. The van der Waals surface area contributed by atoms with Crippen LogP contribution in [0, 0.1) is 0 Å². The summed E-state index contributed by atoms with van der Waals surface area (Å²) in [6.45, 7) is 0.917. The minimum Gasteiger partial charge on any atom is -0.467 e. The molecule has 0 bridgehead atoms. The molecule has 30 heavy (non-hydrogen) atoms. The van der Waals surface area contributed by atoms with E-state index in [1.54, 1.807) is 18.7 Å².